The van der Waals surface area contributed by atoms with E-state index in [-0.39, 0.29) is 6.10 Å². The molecule has 4 aliphatic rings. The highest BCUT2D eigenvalue weighted by atomic mass is 32.2. The molecular weight excluding hydrogens is 348 g/mol. The maximum Gasteiger partial charge on any atom is 0.225 e. The van der Waals surface area contributed by atoms with Gasteiger partial charge in [0.1, 0.15) is 5.75 Å². The summed E-state index contributed by atoms with van der Waals surface area (Å²) < 4.78 is 24.2. The third kappa shape index (κ3) is 2.57. The molecule has 3 heterocycles. The molecule has 3 unspecified atom stereocenters. The van der Waals surface area contributed by atoms with Crippen molar-refractivity contribution in [1.29, 1.82) is 0 Å². The number of hydrogen-bond acceptors (Lipinski definition) is 5. The summed E-state index contributed by atoms with van der Waals surface area (Å²) in [5, 5.41) is 0. The van der Waals surface area contributed by atoms with Crippen LogP contribution in [0.15, 0.2) is 57.9 Å². The molecule has 0 radical (unpaired) electrons. The smallest absolute Gasteiger partial charge is 0.225 e. The van der Waals surface area contributed by atoms with Crippen LogP contribution in [0.25, 0.3) is 0 Å². The SMILES string of the molecule is COc1ccc2c(c1)C1(OCC(C3CCOC3)O1)C1=C(C=CCC=C1)S2. The van der Waals surface area contributed by atoms with E-state index in [1.807, 2.05) is 6.07 Å². The molecule has 0 N–H and O–H groups in total. The zero-order valence-electron chi connectivity index (χ0n) is 14.8. The zero-order valence-corrected chi connectivity index (χ0v) is 15.6. The van der Waals surface area contributed by atoms with Gasteiger partial charge >= 0.3 is 0 Å². The van der Waals surface area contributed by atoms with Crippen LogP contribution in [0.4, 0.5) is 0 Å². The van der Waals surface area contributed by atoms with Gasteiger partial charge in [-0.2, -0.15) is 0 Å². The van der Waals surface area contributed by atoms with E-state index >= 15 is 0 Å². The van der Waals surface area contributed by atoms with Crippen molar-refractivity contribution in [2.45, 2.75) is 29.6 Å². The summed E-state index contributed by atoms with van der Waals surface area (Å²) in [6.45, 7) is 2.16. The lowest BCUT2D eigenvalue weighted by atomic mass is 9.95. The lowest BCUT2D eigenvalue weighted by Gasteiger charge is -2.36. The summed E-state index contributed by atoms with van der Waals surface area (Å²) in [7, 11) is 1.69. The van der Waals surface area contributed by atoms with Gasteiger partial charge in [0, 0.05) is 33.5 Å². The Bertz CT molecular complexity index is 806. The largest absolute Gasteiger partial charge is 0.497 e. The second-order valence-electron chi connectivity index (χ2n) is 6.99. The monoisotopic (exact) mass is 370 g/mol. The molecule has 1 aliphatic carbocycles. The minimum atomic E-state index is -0.858. The molecule has 136 valence electrons. The molecule has 4 nitrogen and oxygen atoms in total. The van der Waals surface area contributed by atoms with Gasteiger partial charge in [-0.05, 0) is 31.0 Å². The van der Waals surface area contributed by atoms with Gasteiger partial charge in [0.05, 0.1) is 26.4 Å². The van der Waals surface area contributed by atoms with Crippen LogP contribution in [-0.4, -0.2) is 33.0 Å². The van der Waals surface area contributed by atoms with E-state index in [9.17, 15) is 0 Å². The molecule has 5 heteroatoms. The van der Waals surface area contributed by atoms with Gasteiger partial charge in [-0.1, -0.05) is 36.1 Å². The summed E-state index contributed by atoms with van der Waals surface area (Å²) in [6.07, 6.45) is 10.7. The Morgan fingerprint density at radius 3 is 2.96 bits per heavy atom. The van der Waals surface area contributed by atoms with Crippen LogP contribution in [0.1, 0.15) is 18.4 Å². The fourth-order valence-corrected chi connectivity index (χ4v) is 5.21. The maximum absolute atomic E-state index is 6.71. The molecule has 0 amide bonds. The Kier molecular flexibility index (Phi) is 4.20. The van der Waals surface area contributed by atoms with Gasteiger partial charge < -0.3 is 18.9 Å². The highest BCUT2D eigenvalue weighted by Crippen LogP contribution is 2.55. The quantitative estimate of drug-likeness (QED) is 0.781. The van der Waals surface area contributed by atoms with E-state index in [4.69, 9.17) is 18.9 Å². The number of rotatable bonds is 2. The Hall–Kier alpha value is -1.53. The highest BCUT2D eigenvalue weighted by Gasteiger charge is 2.52. The van der Waals surface area contributed by atoms with Crippen LogP contribution >= 0.6 is 11.8 Å². The van der Waals surface area contributed by atoms with Gasteiger partial charge in [0.15, 0.2) is 0 Å². The third-order valence-electron chi connectivity index (χ3n) is 5.47. The van der Waals surface area contributed by atoms with E-state index < -0.39 is 5.79 Å². The van der Waals surface area contributed by atoms with E-state index in [2.05, 4.69) is 36.4 Å². The first-order chi connectivity index (χ1) is 12.8. The minimum absolute atomic E-state index is 0.0500. The standard InChI is InChI=1S/C21H22O4S/c1-22-15-7-8-20-17(11-15)21(16-5-3-2-4-6-19(16)26-20)24-13-18(25-21)14-9-10-23-12-14/h3-8,11,14,18H,2,9-10,12-13H2,1H3. The summed E-state index contributed by atoms with van der Waals surface area (Å²) >= 11 is 1.77. The van der Waals surface area contributed by atoms with E-state index in [1.54, 1.807) is 18.9 Å². The summed E-state index contributed by atoms with van der Waals surface area (Å²) in [4.78, 5) is 2.35. The lowest BCUT2D eigenvalue weighted by Crippen LogP contribution is -2.34. The minimum Gasteiger partial charge on any atom is -0.497 e. The first-order valence-electron chi connectivity index (χ1n) is 9.14. The molecule has 3 aliphatic heterocycles. The first-order valence-corrected chi connectivity index (χ1v) is 9.95. The number of thioether (sulfide) groups is 1. The van der Waals surface area contributed by atoms with Crippen LogP contribution < -0.4 is 4.74 Å². The number of hydrogen-bond donors (Lipinski definition) is 0. The van der Waals surface area contributed by atoms with E-state index in [0.717, 1.165) is 47.8 Å². The molecule has 3 atom stereocenters. The average Bonchev–Trinajstić information content (AvgIpc) is 3.29. The van der Waals surface area contributed by atoms with Crippen LogP contribution in [0.5, 0.6) is 5.75 Å². The van der Waals surface area contributed by atoms with Crippen molar-refractivity contribution < 1.29 is 18.9 Å². The van der Waals surface area contributed by atoms with Crippen LogP contribution in [-0.2, 0) is 20.0 Å². The van der Waals surface area contributed by atoms with Crippen molar-refractivity contribution in [2.75, 3.05) is 26.9 Å². The molecule has 0 aromatic heterocycles. The van der Waals surface area contributed by atoms with Gasteiger partial charge in [-0.25, -0.2) is 0 Å². The number of fused-ring (bicyclic) bond motifs is 3. The van der Waals surface area contributed by atoms with Crippen molar-refractivity contribution in [3.8, 4) is 5.75 Å². The van der Waals surface area contributed by atoms with Gasteiger partial charge in [-0.3, -0.25) is 0 Å². The number of methoxy groups -OCH3 is 1. The predicted octanol–water partition coefficient (Wildman–Crippen LogP) is 4.18. The number of ether oxygens (including phenoxy) is 4. The normalized spacial score (nSPS) is 32.7. The Balaban J connectivity index is 1.63. The van der Waals surface area contributed by atoms with Crippen molar-refractivity contribution in [1.82, 2.24) is 0 Å². The second-order valence-corrected chi connectivity index (χ2v) is 8.07. The summed E-state index contributed by atoms with van der Waals surface area (Å²) in [5.74, 6) is 0.358. The summed E-state index contributed by atoms with van der Waals surface area (Å²) in [6, 6.07) is 6.16. The van der Waals surface area contributed by atoms with E-state index in [0.29, 0.717) is 12.5 Å². The Morgan fingerprint density at radius 1 is 1.19 bits per heavy atom. The van der Waals surface area contributed by atoms with Crippen molar-refractivity contribution in [2.24, 2.45) is 5.92 Å². The topological polar surface area (TPSA) is 36.9 Å². The third-order valence-corrected chi connectivity index (χ3v) is 6.62. The lowest BCUT2D eigenvalue weighted by molar-refractivity contribution is -0.151. The van der Waals surface area contributed by atoms with Crippen molar-refractivity contribution in [3.05, 3.63) is 58.5 Å². The summed E-state index contributed by atoms with van der Waals surface area (Å²) in [5.41, 5.74) is 2.14. The van der Waals surface area contributed by atoms with Gasteiger partial charge in [-0.15, -0.1) is 0 Å². The van der Waals surface area contributed by atoms with Crippen LogP contribution in [0, 0.1) is 5.92 Å². The van der Waals surface area contributed by atoms with Crippen molar-refractivity contribution in [3.63, 3.8) is 0 Å². The molecule has 5 rings (SSSR count). The molecule has 1 aromatic rings. The average molecular weight is 370 g/mol. The second kappa shape index (κ2) is 6.57. The molecule has 1 spiro atoms. The fraction of sp³-hybridized carbons (Fsp3) is 0.429. The fourth-order valence-electron chi connectivity index (χ4n) is 4.06. The Morgan fingerprint density at radius 2 is 2.12 bits per heavy atom. The molecule has 2 fully saturated rings. The maximum atomic E-state index is 6.71. The predicted molar refractivity (Wildman–Crippen MR) is 100 cm³/mol. The molecule has 2 saturated heterocycles. The number of allylic oxidation sites excluding steroid dienone is 3. The van der Waals surface area contributed by atoms with Gasteiger partial charge in [0.2, 0.25) is 5.79 Å². The first kappa shape index (κ1) is 16.6. The molecular formula is C21H22O4S. The Labute approximate surface area is 157 Å². The van der Waals surface area contributed by atoms with Crippen molar-refractivity contribution >= 4 is 11.8 Å². The highest BCUT2D eigenvalue weighted by molar-refractivity contribution is 8.03. The van der Waals surface area contributed by atoms with Crippen LogP contribution in [0.3, 0.4) is 0 Å². The number of benzene rings is 1. The zero-order chi connectivity index (χ0) is 17.6. The molecule has 26 heavy (non-hydrogen) atoms. The van der Waals surface area contributed by atoms with E-state index in [1.165, 1.54) is 4.91 Å². The van der Waals surface area contributed by atoms with Crippen LogP contribution in [0.2, 0.25) is 0 Å². The molecule has 0 saturated carbocycles. The molecule has 0 bridgehead atoms. The van der Waals surface area contributed by atoms with Gasteiger partial charge in [0.25, 0.3) is 0 Å². The molecule has 1 aromatic carbocycles.